The number of anilines is 1. The van der Waals surface area contributed by atoms with Crippen molar-refractivity contribution in [1.29, 1.82) is 0 Å². The molecule has 66 heavy (non-hydrogen) atoms. The number of nitrogens with zero attached hydrogens (tertiary/aromatic N) is 5. The van der Waals surface area contributed by atoms with Crippen LogP contribution in [0.15, 0.2) is 84.0 Å². The molecule has 0 radical (unpaired) electrons. The highest BCUT2D eigenvalue weighted by molar-refractivity contribution is 5.96. The smallest absolute Gasteiger partial charge is 0.227 e. The number of nitrogens with two attached hydrogens (primary N) is 1. The molecule has 3 aromatic carbocycles. The van der Waals surface area contributed by atoms with Crippen LogP contribution in [-0.2, 0) is 45.7 Å². The van der Waals surface area contributed by atoms with Crippen molar-refractivity contribution in [3.05, 3.63) is 117 Å². The first-order chi connectivity index (χ1) is 31.7. The second kappa shape index (κ2) is 23.4. The second-order valence-corrected chi connectivity index (χ2v) is 19.8. The molecule has 1 saturated heterocycles. The van der Waals surface area contributed by atoms with E-state index in [9.17, 15) is 9.59 Å². The predicted molar refractivity (Wildman–Crippen MR) is 270 cm³/mol. The summed E-state index contributed by atoms with van der Waals surface area (Å²) in [5.74, 6) is 2.25. The van der Waals surface area contributed by atoms with E-state index in [0.717, 1.165) is 110 Å². The first kappa shape index (κ1) is 50.0. The molecule has 6 rings (SSSR count). The lowest BCUT2D eigenvalue weighted by molar-refractivity contribution is -0.135. The maximum Gasteiger partial charge on any atom is 0.227 e. The summed E-state index contributed by atoms with van der Waals surface area (Å²) >= 11 is 0. The summed E-state index contributed by atoms with van der Waals surface area (Å²) in [4.78, 5) is 38.4. The lowest BCUT2D eigenvalue weighted by Gasteiger charge is -2.39. The van der Waals surface area contributed by atoms with Crippen LogP contribution in [0.2, 0.25) is 0 Å². The molecule has 4 aromatic rings. The predicted octanol–water partition coefficient (Wildman–Crippen LogP) is 7.53. The largest absolute Gasteiger partial charge is 0.496 e. The number of fused-ring (bicyclic) bond motifs is 2. The number of para-hydroxylation sites is 1. The van der Waals surface area contributed by atoms with Gasteiger partial charge in [-0.25, -0.2) is 4.99 Å². The van der Waals surface area contributed by atoms with E-state index in [2.05, 4.69) is 112 Å². The number of carbonyl (C=O) groups is 2. The van der Waals surface area contributed by atoms with Gasteiger partial charge >= 0.3 is 0 Å². The standard InChI is InChI=1S/C55H77N7O4/c1-9-11-16-29-57-53(58-49(56)17-10-2)52-41(3)28-30-61(52)36-45-24-25-46(35-48(45)65-8)55(6,7)40-66-39-54(4,5)38-59-31-33-60(34-32-59)50(63)26-27-51(64)62-37-44-20-13-12-18-42(44)22-23-43-19-14-15-21-47(43)62/h12-15,18-21,24-25,28,30,35,57H,3,9-11,16-17,22-23,26-27,29,31-34,36-40H2,1-2,4-8H3,(H2,56,58)/b53-52+. The molecule has 3 N–H and O–H groups in total. The van der Waals surface area contributed by atoms with Crippen molar-refractivity contribution in [2.75, 3.05) is 64.5 Å². The third-order valence-electron chi connectivity index (χ3n) is 13.1. The first-order valence-electron chi connectivity index (χ1n) is 24.4. The number of aliphatic imine (C=N–C) groups is 1. The van der Waals surface area contributed by atoms with Crippen molar-refractivity contribution >= 4 is 35.7 Å². The van der Waals surface area contributed by atoms with E-state index >= 15 is 0 Å². The number of rotatable bonds is 21. The SMILES string of the molecule is C=c1ccn(Cc2ccc(C(C)(C)COCC(C)(C)CN3CCN(C(=O)CCC(=O)N4Cc5ccccc5CCc5ccccc54)CC3)cc2OC)/c1=C(/N=C(/N)CCC)NCCCCC. The number of amidine groups is 1. The zero-order valence-electron chi connectivity index (χ0n) is 41.1. The van der Waals surface area contributed by atoms with Crippen molar-refractivity contribution in [3.8, 4) is 5.75 Å². The van der Waals surface area contributed by atoms with E-state index in [4.69, 9.17) is 20.2 Å². The molecule has 0 aliphatic carbocycles. The number of unbranched alkanes of at least 4 members (excludes halogenated alkanes) is 2. The molecule has 2 amide bonds. The van der Waals surface area contributed by atoms with Crippen molar-refractivity contribution < 1.29 is 19.1 Å². The highest BCUT2D eigenvalue weighted by atomic mass is 16.5. The Hall–Kier alpha value is -5.39. The molecular formula is C55H77N7O4. The minimum Gasteiger partial charge on any atom is -0.496 e. The van der Waals surface area contributed by atoms with Crippen LogP contribution in [0.4, 0.5) is 5.69 Å². The zero-order valence-corrected chi connectivity index (χ0v) is 41.1. The van der Waals surface area contributed by atoms with Crippen LogP contribution in [0.25, 0.3) is 12.4 Å². The molecule has 0 unspecified atom stereocenters. The topological polar surface area (TPSA) is 118 Å². The number of amides is 2. The van der Waals surface area contributed by atoms with Gasteiger partial charge in [0.1, 0.15) is 11.6 Å². The van der Waals surface area contributed by atoms with Gasteiger partial charge in [0.05, 0.1) is 38.8 Å². The van der Waals surface area contributed by atoms with E-state index in [0.29, 0.717) is 45.2 Å². The molecule has 1 fully saturated rings. The number of hydrogen-bond donors (Lipinski definition) is 2. The van der Waals surface area contributed by atoms with Gasteiger partial charge in [-0.2, -0.15) is 0 Å². The number of piperazine rings is 1. The van der Waals surface area contributed by atoms with Crippen LogP contribution in [0.5, 0.6) is 5.75 Å². The summed E-state index contributed by atoms with van der Waals surface area (Å²) in [5, 5.41) is 5.40. The number of aryl methyl sites for hydroxylation is 2. The summed E-state index contributed by atoms with van der Waals surface area (Å²) in [6.07, 6.45) is 9.33. The minimum absolute atomic E-state index is 0.00356. The van der Waals surface area contributed by atoms with Crippen LogP contribution in [0, 0.1) is 5.41 Å². The molecule has 2 aliphatic heterocycles. The Balaban J connectivity index is 0.994. The second-order valence-electron chi connectivity index (χ2n) is 19.8. The molecule has 356 valence electrons. The van der Waals surface area contributed by atoms with Crippen LogP contribution >= 0.6 is 0 Å². The highest BCUT2D eigenvalue weighted by Gasteiger charge is 2.30. The number of nitrogens with one attached hydrogen (secondary N) is 1. The van der Waals surface area contributed by atoms with Crippen molar-refractivity contribution in [2.45, 2.75) is 118 Å². The fraction of sp³-hybridized carbons (Fsp3) is 0.509. The van der Waals surface area contributed by atoms with Crippen molar-refractivity contribution in [2.24, 2.45) is 16.1 Å². The van der Waals surface area contributed by atoms with Crippen molar-refractivity contribution in [3.63, 3.8) is 0 Å². The summed E-state index contributed by atoms with van der Waals surface area (Å²) < 4.78 is 14.7. The van der Waals surface area contributed by atoms with Gasteiger partial charge < -0.3 is 34.9 Å². The van der Waals surface area contributed by atoms with Gasteiger partial charge in [0.25, 0.3) is 0 Å². The maximum atomic E-state index is 13.8. The van der Waals surface area contributed by atoms with Gasteiger partial charge in [-0.15, -0.1) is 0 Å². The van der Waals surface area contributed by atoms with Gasteiger partial charge in [0.2, 0.25) is 11.8 Å². The fourth-order valence-corrected chi connectivity index (χ4v) is 9.30. The number of hydrogen-bond acceptors (Lipinski definition) is 7. The molecule has 11 nitrogen and oxygen atoms in total. The number of aromatic nitrogens is 1. The minimum atomic E-state index is -0.260. The normalized spacial score (nSPS) is 15.4. The van der Waals surface area contributed by atoms with E-state index in [1.54, 1.807) is 7.11 Å². The Morgan fingerprint density at radius 1 is 0.818 bits per heavy atom. The van der Waals surface area contributed by atoms with Gasteiger partial charge in [0, 0.05) is 86.8 Å². The van der Waals surface area contributed by atoms with E-state index < -0.39 is 0 Å². The Kier molecular flexibility index (Phi) is 17.7. The summed E-state index contributed by atoms with van der Waals surface area (Å²) in [6.45, 7) is 24.5. The molecular weight excluding hydrogens is 823 g/mol. The Labute approximate surface area is 394 Å². The molecule has 3 heterocycles. The molecule has 11 heteroatoms. The molecule has 0 spiro atoms. The summed E-state index contributed by atoms with van der Waals surface area (Å²) in [6, 6.07) is 25.1. The van der Waals surface area contributed by atoms with E-state index in [1.165, 1.54) is 16.7 Å². The third kappa shape index (κ3) is 13.4. The average Bonchev–Trinajstić information content (AvgIpc) is 3.66. The molecule has 2 aliphatic rings. The Morgan fingerprint density at radius 2 is 1.52 bits per heavy atom. The van der Waals surface area contributed by atoms with Crippen LogP contribution in [-0.4, -0.2) is 91.6 Å². The molecule has 1 aromatic heterocycles. The fourth-order valence-electron chi connectivity index (χ4n) is 9.30. The van der Waals surface area contributed by atoms with Gasteiger partial charge in [0.15, 0.2) is 5.82 Å². The average molecular weight is 900 g/mol. The van der Waals surface area contributed by atoms with E-state index in [1.807, 2.05) is 40.1 Å². The van der Waals surface area contributed by atoms with Gasteiger partial charge in [-0.3, -0.25) is 14.5 Å². The summed E-state index contributed by atoms with van der Waals surface area (Å²) in [7, 11) is 1.73. The Bertz CT molecular complexity index is 2390. The number of benzene rings is 3. The third-order valence-corrected chi connectivity index (χ3v) is 13.1. The summed E-state index contributed by atoms with van der Waals surface area (Å²) in [5.41, 5.74) is 12.8. The number of methoxy groups -OCH3 is 1. The lowest BCUT2D eigenvalue weighted by Crippen LogP contribution is -2.51. The monoisotopic (exact) mass is 900 g/mol. The van der Waals surface area contributed by atoms with Gasteiger partial charge in [-0.05, 0) is 71.4 Å². The van der Waals surface area contributed by atoms with Crippen molar-refractivity contribution in [1.82, 2.24) is 19.7 Å². The molecule has 0 bridgehead atoms. The van der Waals surface area contributed by atoms with E-state index in [-0.39, 0.29) is 35.5 Å². The van der Waals surface area contributed by atoms with Crippen LogP contribution in [0.3, 0.4) is 0 Å². The van der Waals surface area contributed by atoms with Crippen LogP contribution in [0.1, 0.15) is 114 Å². The molecule has 0 atom stereocenters. The maximum absolute atomic E-state index is 13.8. The first-order valence-corrected chi connectivity index (χ1v) is 24.4. The number of ether oxygens (including phenoxy) is 2. The van der Waals surface area contributed by atoms with Gasteiger partial charge in [-0.1, -0.05) is 116 Å². The zero-order chi connectivity index (χ0) is 47.3. The highest BCUT2D eigenvalue weighted by Crippen LogP contribution is 2.32. The van der Waals surface area contributed by atoms with Crippen LogP contribution < -0.4 is 31.3 Å². The quantitative estimate of drug-likeness (QED) is 0.0505. The Morgan fingerprint density at radius 3 is 2.24 bits per heavy atom. The number of carbonyl (C=O) groups excluding carboxylic acids is 2. The molecule has 0 saturated carbocycles. The lowest BCUT2D eigenvalue weighted by atomic mass is 9.84.